The summed E-state index contributed by atoms with van der Waals surface area (Å²) >= 11 is 1.43. The number of piperidine rings is 1. The van der Waals surface area contributed by atoms with Crippen LogP contribution in [0.25, 0.3) is 10.3 Å². The number of rotatable bonds is 3. The molecule has 3 aromatic heterocycles. The summed E-state index contributed by atoms with van der Waals surface area (Å²) in [5.74, 6) is 0.396. The van der Waals surface area contributed by atoms with Crippen molar-refractivity contribution in [1.29, 1.82) is 5.26 Å². The summed E-state index contributed by atoms with van der Waals surface area (Å²) in [6.45, 7) is 3.79. The van der Waals surface area contributed by atoms with Gasteiger partial charge in [-0.25, -0.2) is 9.97 Å². The molecule has 0 saturated carbocycles. The Labute approximate surface area is 196 Å². The fourth-order valence-corrected chi connectivity index (χ4v) is 5.69. The van der Waals surface area contributed by atoms with Gasteiger partial charge in [-0.3, -0.25) is 9.36 Å². The number of ether oxygens (including phenoxy) is 1. The highest BCUT2D eigenvalue weighted by Gasteiger charge is 2.41. The summed E-state index contributed by atoms with van der Waals surface area (Å²) in [5, 5.41) is 10.6. The van der Waals surface area contributed by atoms with Crippen molar-refractivity contribution in [2.45, 2.75) is 26.1 Å². The molecule has 2 aliphatic rings. The smallest absolute Gasteiger partial charge is 0.404 e. The fourth-order valence-electron chi connectivity index (χ4n) is 4.82. The fraction of sp³-hybridized carbons (Fsp3) is 0.409. The SMILES string of the molecule is Cc1nc2c([N+]3=C4CCN(c5ccc(OC(F)(F)F)cn5)C[C@H]4CC3)c(C#N)c(=O)n(C)c2s1. The monoisotopic (exact) mass is 489 g/mol. The highest BCUT2D eigenvalue weighted by atomic mass is 32.1. The van der Waals surface area contributed by atoms with Gasteiger partial charge in [0.15, 0.2) is 16.8 Å². The summed E-state index contributed by atoms with van der Waals surface area (Å²) in [7, 11) is 1.66. The number of hydrogen-bond donors (Lipinski definition) is 0. The summed E-state index contributed by atoms with van der Waals surface area (Å²) in [6, 6.07) is 4.88. The molecule has 0 radical (unpaired) electrons. The number of nitriles is 1. The Morgan fingerprint density at radius 1 is 1.35 bits per heavy atom. The lowest BCUT2D eigenvalue weighted by atomic mass is 9.95. The molecule has 0 bridgehead atoms. The summed E-state index contributed by atoms with van der Waals surface area (Å²) < 4.78 is 44.7. The van der Waals surface area contributed by atoms with Gasteiger partial charge in [-0.1, -0.05) is 0 Å². The van der Waals surface area contributed by atoms with Crippen molar-refractivity contribution in [2.24, 2.45) is 13.0 Å². The number of hydrogen-bond acceptors (Lipinski definition) is 7. The minimum atomic E-state index is -4.76. The van der Waals surface area contributed by atoms with E-state index in [4.69, 9.17) is 0 Å². The van der Waals surface area contributed by atoms with E-state index >= 15 is 0 Å². The summed E-state index contributed by atoms with van der Waals surface area (Å²) in [5.41, 5.74) is 2.16. The molecule has 0 N–H and O–H groups in total. The Kier molecular flexibility index (Phi) is 5.31. The lowest BCUT2D eigenvalue weighted by molar-refractivity contribution is -0.431. The molecule has 0 spiro atoms. The molecule has 3 aromatic rings. The Morgan fingerprint density at radius 2 is 2.15 bits per heavy atom. The molecule has 8 nitrogen and oxygen atoms in total. The molecule has 0 amide bonds. The van der Waals surface area contributed by atoms with Gasteiger partial charge in [-0.05, 0) is 19.1 Å². The maximum absolute atomic E-state index is 12.9. The normalized spacial score (nSPS) is 18.4. The number of nitrogens with zero attached hydrogens (tertiary/aromatic N) is 6. The second-order valence-electron chi connectivity index (χ2n) is 8.31. The number of alkyl halides is 3. The Balaban J connectivity index is 1.47. The van der Waals surface area contributed by atoms with Gasteiger partial charge in [0.05, 0.1) is 17.1 Å². The van der Waals surface area contributed by atoms with Gasteiger partial charge in [0.1, 0.15) is 29.0 Å². The van der Waals surface area contributed by atoms with E-state index in [1.807, 2.05) is 11.8 Å². The van der Waals surface area contributed by atoms with Gasteiger partial charge in [0, 0.05) is 33.0 Å². The zero-order chi connectivity index (χ0) is 24.2. The van der Waals surface area contributed by atoms with E-state index in [1.54, 1.807) is 7.05 Å². The van der Waals surface area contributed by atoms with Crippen LogP contribution in [0.3, 0.4) is 0 Å². The minimum Gasteiger partial charge on any atom is -0.404 e. The molecular weight excluding hydrogens is 469 g/mol. The van der Waals surface area contributed by atoms with Crippen molar-refractivity contribution in [1.82, 2.24) is 14.5 Å². The van der Waals surface area contributed by atoms with Crippen LogP contribution >= 0.6 is 11.3 Å². The molecular formula is C22H20F3N6O2S+. The van der Waals surface area contributed by atoms with Crippen LogP contribution in [-0.4, -0.2) is 50.8 Å². The van der Waals surface area contributed by atoms with Crippen LogP contribution in [0.4, 0.5) is 24.7 Å². The van der Waals surface area contributed by atoms with E-state index in [9.17, 15) is 23.2 Å². The molecule has 1 atom stereocenters. The number of aryl methyl sites for hydroxylation is 2. The van der Waals surface area contributed by atoms with Crippen molar-refractivity contribution in [2.75, 3.05) is 24.5 Å². The molecule has 5 heterocycles. The quantitative estimate of drug-likeness (QED) is 0.524. The van der Waals surface area contributed by atoms with E-state index < -0.39 is 6.36 Å². The van der Waals surface area contributed by atoms with Crippen molar-refractivity contribution in [3.8, 4) is 11.8 Å². The molecule has 5 rings (SSSR count). The molecule has 2 aliphatic heterocycles. The van der Waals surface area contributed by atoms with Gasteiger partial charge in [0.2, 0.25) is 0 Å². The predicted octanol–water partition coefficient (Wildman–Crippen LogP) is 3.48. The van der Waals surface area contributed by atoms with Crippen molar-refractivity contribution < 1.29 is 22.5 Å². The summed E-state index contributed by atoms with van der Waals surface area (Å²) in [4.78, 5) is 24.5. The number of aromatic nitrogens is 3. The van der Waals surface area contributed by atoms with Gasteiger partial charge in [-0.2, -0.15) is 9.84 Å². The molecule has 0 aliphatic carbocycles. The van der Waals surface area contributed by atoms with Gasteiger partial charge in [-0.15, -0.1) is 24.5 Å². The van der Waals surface area contributed by atoms with Gasteiger partial charge >= 0.3 is 6.36 Å². The average Bonchev–Trinajstić information content (AvgIpc) is 3.38. The van der Waals surface area contributed by atoms with Crippen LogP contribution in [0.1, 0.15) is 23.4 Å². The summed E-state index contributed by atoms with van der Waals surface area (Å²) in [6.07, 6.45) is -2.18. The maximum atomic E-state index is 12.9. The predicted molar refractivity (Wildman–Crippen MR) is 120 cm³/mol. The first-order chi connectivity index (χ1) is 16.2. The van der Waals surface area contributed by atoms with E-state index in [2.05, 4.69) is 25.3 Å². The van der Waals surface area contributed by atoms with Crippen LogP contribution in [0.2, 0.25) is 0 Å². The van der Waals surface area contributed by atoms with Crippen LogP contribution in [0.15, 0.2) is 23.1 Å². The van der Waals surface area contributed by atoms with Crippen LogP contribution < -0.4 is 15.2 Å². The van der Waals surface area contributed by atoms with E-state index in [1.165, 1.54) is 28.0 Å². The second-order valence-corrected chi connectivity index (χ2v) is 9.49. The lowest BCUT2D eigenvalue weighted by Crippen LogP contribution is -2.41. The molecule has 0 aromatic carbocycles. The minimum absolute atomic E-state index is 0.0952. The highest BCUT2D eigenvalue weighted by molar-refractivity contribution is 7.18. The maximum Gasteiger partial charge on any atom is 0.573 e. The lowest BCUT2D eigenvalue weighted by Gasteiger charge is -2.30. The second kappa shape index (κ2) is 8.09. The van der Waals surface area contributed by atoms with E-state index in [-0.39, 0.29) is 22.8 Å². The van der Waals surface area contributed by atoms with E-state index in [0.29, 0.717) is 43.1 Å². The Morgan fingerprint density at radius 3 is 2.82 bits per heavy atom. The van der Waals surface area contributed by atoms with Crippen molar-refractivity contribution in [3.63, 3.8) is 0 Å². The molecule has 176 valence electrons. The first-order valence-corrected chi connectivity index (χ1v) is 11.5. The van der Waals surface area contributed by atoms with Gasteiger partial charge < -0.3 is 9.64 Å². The third-order valence-corrected chi connectivity index (χ3v) is 7.31. The number of halogens is 3. The number of thiazole rings is 1. The highest BCUT2D eigenvalue weighted by Crippen LogP contribution is 2.36. The van der Waals surface area contributed by atoms with E-state index in [0.717, 1.165) is 28.2 Å². The Bertz CT molecular complexity index is 1420. The molecule has 1 saturated heterocycles. The van der Waals surface area contributed by atoms with Crippen molar-refractivity contribution >= 4 is 38.9 Å². The van der Waals surface area contributed by atoms with Crippen LogP contribution in [-0.2, 0) is 7.05 Å². The third kappa shape index (κ3) is 3.79. The average molecular weight is 490 g/mol. The molecule has 0 unspecified atom stereocenters. The van der Waals surface area contributed by atoms with Crippen molar-refractivity contribution in [3.05, 3.63) is 39.3 Å². The number of pyridine rings is 2. The van der Waals surface area contributed by atoms with Gasteiger partial charge in [0.25, 0.3) is 11.2 Å². The molecule has 12 heteroatoms. The molecule has 34 heavy (non-hydrogen) atoms. The van der Waals surface area contributed by atoms with Crippen LogP contribution in [0, 0.1) is 24.2 Å². The van der Waals surface area contributed by atoms with Crippen LogP contribution in [0.5, 0.6) is 5.75 Å². The first-order valence-electron chi connectivity index (χ1n) is 10.7. The molecule has 1 fully saturated rings. The largest absolute Gasteiger partial charge is 0.573 e. The third-order valence-electron chi connectivity index (χ3n) is 6.26. The number of anilines is 1. The zero-order valence-electron chi connectivity index (χ0n) is 18.4. The Hall–Kier alpha value is -3.46. The topological polar surface area (TPSA) is 87.1 Å². The first kappa shape index (κ1) is 22.3. The number of fused-ring (bicyclic) bond motifs is 2. The standard InChI is InChI=1S/C22H20F3N6O2S/c1-12-28-18-19(15(9-26)20(32)29(2)21(18)34-12)31-8-5-13-11-30(7-6-16(13)31)17-4-3-14(10-27-17)33-22(23,24)25/h3-4,10,13H,5-8,11H2,1-2H3/q+1/t13-/m1/s1. The zero-order valence-corrected chi connectivity index (χ0v) is 19.2.